The predicted octanol–water partition coefficient (Wildman–Crippen LogP) is 2.35. The number of piperazine rings is 1. The number of carbonyl (C=O) groups is 1. The highest BCUT2D eigenvalue weighted by atomic mass is 35.5. The molecule has 1 aliphatic rings. The first-order valence-corrected chi connectivity index (χ1v) is 10.1. The van der Waals surface area contributed by atoms with Crippen molar-refractivity contribution >= 4 is 18.3 Å². The Labute approximate surface area is 179 Å². The maximum atomic E-state index is 12.7. The second-order valence-electron chi connectivity index (χ2n) is 7.53. The number of ether oxygens (including phenoxy) is 1. The Morgan fingerprint density at radius 2 is 1.97 bits per heavy atom. The minimum Gasteiger partial charge on any atom is -0.489 e. The first-order chi connectivity index (χ1) is 13.6. The predicted molar refractivity (Wildman–Crippen MR) is 117 cm³/mol. The van der Waals surface area contributed by atoms with E-state index in [1.807, 2.05) is 30.3 Å². The second kappa shape index (κ2) is 11.8. The van der Waals surface area contributed by atoms with E-state index in [0.717, 1.165) is 44.8 Å². The average molecular weight is 422 g/mol. The molecule has 0 bridgehead atoms. The molecule has 1 fully saturated rings. The van der Waals surface area contributed by atoms with E-state index >= 15 is 0 Å². The van der Waals surface area contributed by atoms with Crippen molar-refractivity contribution in [2.24, 2.45) is 5.92 Å². The summed E-state index contributed by atoms with van der Waals surface area (Å²) < 4.78 is 7.56. The van der Waals surface area contributed by atoms with Crippen LogP contribution in [0.2, 0.25) is 0 Å². The van der Waals surface area contributed by atoms with Gasteiger partial charge >= 0.3 is 0 Å². The minimum absolute atomic E-state index is 0. The van der Waals surface area contributed by atoms with Crippen molar-refractivity contribution in [3.05, 3.63) is 42.2 Å². The molecule has 0 spiro atoms. The van der Waals surface area contributed by atoms with Gasteiger partial charge in [-0.05, 0) is 31.0 Å². The molecule has 2 N–H and O–H groups in total. The summed E-state index contributed by atoms with van der Waals surface area (Å²) in [4.78, 5) is 15.1. The fourth-order valence-corrected chi connectivity index (χ4v) is 3.11. The maximum absolute atomic E-state index is 12.7. The summed E-state index contributed by atoms with van der Waals surface area (Å²) in [6.07, 6.45) is 2.71. The zero-order chi connectivity index (χ0) is 19.8. The van der Waals surface area contributed by atoms with E-state index in [-0.39, 0.29) is 18.3 Å². The Hall–Kier alpha value is -2.09. The Balaban J connectivity index is 0.00000300. The summed E-state index contributed by atoms with van der Waals surface area (Å²) in [5.41, 5.74) is 1.24. The molecule has 3 rings (SSSR count). The molecule has 2 heterocycles. The van der Waals surface area contributed by atoms with Crippen LogP contribution in [0, 0.1) is 5.92 Å². The quantitative estimate of drug-likeness (QED) is 0.608. The van der Waals surface area contributed by atoms with Gasteiger partial charge in [0.05, 0.1) is 18.5 Å². The van der Waals surface area contributed by atoms with Gasteiger partial charge in [0, 0.05) is 32.7 Å². The number of hydrogen-bond acceptors (Lipinski definition) is 5. The van der Waals surface area contributed by atoms with Gasteiger partial charge in [0.15, 0.2) is 11.4 Å². The van der Waals surface area contributed by atoms with E-state index in [9.17, 15) is 4.79 Å². The lowest BCUT2D eigenvalue weighted by atomic mass is 10.2. The van der Waals surface area contributed by atoms with Gasteiger partial charge in [-0.3, -0.25) is 4.79 Å². The summed E-state index contributed by atoms with van der Waals surface area (Å²) in [6, 6.07) is 9.75. The molecule has 1 aromatic carbocycles. The number of nitrogens with one attached hydrogen (secondary N) is 2. The van der Waals surface area contributed by atoms with Gasteiger partial charge in [0.25, 0.3) is 5.91 Å². The summed E-state index contributed by atoms with van der Waals surface area (Å²) >= 11 is 0. The van der Waals surface area contributed by atoms with Gasteiger partial charge in [-0.2, -0.15) is 5.10 Å². The van der Waals surface area contributed by atoms with E-state index in [1.54, 1.807) is 10.9 Å². The molecule has 1 aromatic heterocycles. The highest BCUT2D eigenvalue weighted by Gasteiger charge is 2.19. The van der Waals surface area contributed by atoms with Crippen molar-refractivity contribution in [3.8, 4) is 11.4 Å². The Bertz CT molecular complexity index is 745. The lowest BCUT2D eigenvalue weighted by molar-refractivity contribution is 0.0941. The first-order valence-electron chi connectivity index (χ1n) is 10.1. The summed E-state index contributed by atoms with van der Waals surface area (Å²) in [5, 5.41) is 10.8. The number of nitrogens with zero attached hydrogens (tertiary/aromatic N) is 3. The van der Waals surface area contributed by atoms with Crippen molar-refractivity contribution in [2.75, 3.05) is 45.9 Å². The molecular formula is C21H32ClN5O2. The number of rotatable bonds is 9. The first kappa shape index (κ1) is 23.2. The molecule has 160 valence electrons. The molecule has 0 unspecified atom stereocenters. The number of amides is 1. The number of aromatic nitrogens is 2. The Morgan fingerprint density at radius 3 is 2.66 bits per heavy atom. The van der Waals surface area contributed by atoms with Crippen LogP contribution in [0.4, 0.5) is 0 Å². The fourth-order valence-electron chi connectivity index (χ4n) is 3.11. The molecule has 2 aromatic rings. The number of benzene rings is 1. The zero-order valence-electron chi connectivity index (χ0n) is 17.3. The smallest absolute Gasteiger partial charge is 0.275 e. The number of carbonyl (C=O) groups excluding carboxylic acids is 1. The van der Waals surface area contributed by atoms with Crippen LogP contribution < -0.4 is 15.4 Å². The highest BCUT2D eigenvalue weighted by molar-refractivity contribution is 5.94. The third-order valence-corrected chi connectivity index (χ3v) is 4.63. The van der Waals surface area contributed by atoms with Crippen LogP contribution in [0.3, 0.4) is 0 Å². The largest absolute Gasteiger partial charge is 0.489 e. The van der Waals surface area contributed by atoms with Crippen LogP contribution in [0.25, 0.3) is 5.69 Å². The van der Waals surface area contributed by atoms with Crippen molar-refractivity contribution in [2.45, 2.75) is 20.3 Å². The minimum atomic E-state index is -0.186. The van der Waals surface area contributed by atoms with E-state index < -0.39 is 0 Å². The Kier molecular flexibility index (Phi) is 9.44. The molecule has 0 atom stereocenters. The SMILES string of the molecule is CC(C)COc1cn(-c2ccccc2)nc1C(=O)NCCCN1CCNCC1.Cl. The zero-order valence-corrected chi connectivity index (χ0v) is 18.1. The van der Waals surface area contributed by atoms with Crippen LogP contribution in [-0.4, -0.2) is 66.5 Å². The van der Waals surface area contributed by atoms with Gasteiger partial charge in [-0.25, -0.2) is 4.68 Å². The van der Waals surface area contributed by atoms with E-state index in [4.69, 9.17) is 4.74 Å². The topological polar surface area (TPSA) is 71.4 Å². The van der Waals surface area contributed by atoms with E-state index in [2.05, 4.69) is 34.5 Å². The molecule has 1 saturated heterocycles. The van der Waals surface area contributed by atoms with Crippen LogP contribution in [-0.2, 0) is 0 Å². The van der Waals surface area contributed by atoms with Gasteiger partial charge in [-0.1, -0.05) is 32.0 Å². The van der Waals surface area contributed by atoms with Gasteiger partial charge in [-0.15, -0.1) is 12.4 Å². The molecule has 1 amide bonds. The number of para-hydroxylation sites is 1. The molecular weight excluding hydrogens is 390 g/mol. The average Bonchev–Trinajstić information content (AvgIpc) is 3.15. The van der Waals surface area contributed by atoms with Gasteiger partial charge in [0.2, 0.25) is 0 Å². The number of hydrogen-bond donors (Lipinski definition) is 2. The van der Waals surface area contributed by atoms with E-state index in [1.165, 1.54) is 0 Å². The maximum Gasteiger partial charge on any atom is 0.275 e. The summed E-state index contributed by atoms with van der Waals surface area (Å²) in [5.74, 6) is 0.709. The second-order valence-corrected chi connectivity index (χ2v) is 7.53. The standard InChI is InChI=1S/C21H31N5O2.ClH/c1-17(2)16-28-19-15-26(18-7-4-3-5-8-18)24-20(19)21(27)23-9-6-12-25-13-10-22-11-14-25;/h3-5,7-8,15,17,22H,6,9-14,16H2,1-2H3,(H,23,27);1H. The molecule has 7 nitrogen and oxygen atoms in total. The van der Waals surface area contributed by atoms with Crippen LogP contribution >= 0.6 is 12.4 Å². The normalized spacial score (nSPS) is 14.4. The lowest BCUT2D eigenvalue weighted by Crippen LogP contribution is -2.44. The molecule has 29 heavy (non-hydrogen) atoms. The van der Waals surface area contributed by atoms with Crippen molar-refractivity contribution in [3.63, 3.8) is 0 Å². The molecule has 8 heteroatoms. The van der Waals surface area contributed by atoms with Crippen molar-refractivity contribution in [1.82, 2.24) is 25.3 Å². The van der Waals surface area contributed by atoms with Crippen molar-refractivity contribution in [1.29, 1.82) is 0 Å². The monoisotopic (exact) mass is 421 g/mol. The molecule has 0 radical (unpaired) electrons. The molecule has 0 aliphatic carbocycles. The third kappa shape index (κ3) is 7.03. The highest BCUT2D eigenvalue weighted by Crippen LogP contribution is 2.20. The Morgan fingerprint density at radius 1 is 1.24 bits per heavy atom. The lowest BCUT2D eigenvalue weighted by Gasteiger charge is -2.27. The summed E-state index contributed by atoms with van der Waals surface area (Å²) in [6.45, 7) is 10.6. The van der Waals surface area contributed by atoms with Crippen LogP contribution in [0.5, 0.6) is 5.75 Å². The third-order valence-electron chi connectivity index (χ3n) is 4.63. The molecule has 1 aliphatic heterocycles. The van der Waals surface area contributed by atoms with Gasteiger partial charge < -0.3 is 20.3 Å². The fraction of sp³-hybridized carbons (Fsp3) is 0.524. The van der Waals surface area contributed by atoms with Gasteiger partial charge in [0.1, 0.15) is 0 Å². The van der Waals surface area contributed by atoms with Crippen molar-refractivity contribution < 1.29 is 9.53 Å². The summed E-state index contributed by atoms with van der Waals surface area (Å²) in [7, 11) is 0. The van der Waals surface area contributed by atoms with Crippen LogP contribution in [0.1, 0.15) is 30.8 Å². The molecule has 0 saturated carbocycles. The van der Waals surface area contributed by atoms with E-state index in [0.29, 0.717) is 30.5 Å². The number of halogens is 1. The van der Waals surface area contributed by atoms with Crippen LogP contribution in [0.15, 0.2) is 36.5 Å².